The zero-order valence-corrected chi connectivity index (χ0v) is 15.9. The number of amides is 1. The third-order valence-electron chi connectivity index (χ3n) is 6.02. The average molecular weight is 368 g/mol. The lowest BCUT2D eigenvalue weighted by Crippen LogP contribution is -2.59. The van der Waals surface area contributed by atoms with Crippen LogP contribution in [0.5, 0.6) is 0 Å². The molecule has 1 aromatic carbocycles. The largest absolute Gasteiger partial charge is 0.350 e. The molecule has 0 spiro atoms. The highest BCUT2D eigenvalue weighted by Gasteiger charge is 2.33. The van der Waals surface area contributed by atoms with Gasteiger partial charge in [-0.2, -0.15) is 5.10 Å². The van der Waals surface area contributed by atoms with E-state index in [-0.39, 0.29) is 24.1 Å². The normalized spacial score (nSPS) is 23.1. The van der Waals surface area contributed by atoms with Gasteiger partial charge in [0.25, 0.3) is 5.56 Å². The highest BCUT2D eigenvalue weighted by Crippen LogP contribution is 2.24. The van der Waals surface area contributed by atoms with Crippen LogP contribution >= 0.6 is 0 Å². The summed E-state index contributed by atoms with van der Waals surface area (Å²) >= 11 is 0. The molecule has 2 saturated carbocycles. The highest BCUT2D eigenvalue weighted by molar-refractivity contribution is 5.83. The first-order valence-electron chi connectivity index (χ1n) is 10.1. The van der Waals surface area contributed by atoms with Crippen LogP contribution < -0.4 is 16.2 Å². The Bertz CT molecular complexity index is 885. The summed E-state index contributed by atoms with van der Waals surface area (Å²) in [5.41, 5.74) is 0.551. The lowest BCUT2D eigenvalue weighted by Gasteiger charge is -2.41. The van der Waals surface area contributed by atoms with Crippen LogP contribution in [0.2, 0.25) is 0 Å². The SMILES string of the molecule is Cc1nn(CC(=O)N[C@@H]2CC[C@@H]2NC2CCCCC2)c(=O)c2ccccc12. The molecular formula is C21H28N4O2. The minimum atomic E-state index is -0.211. The summed E-state index contributed by atoms with van der Waals surface area (Å²) in [6, 6.07) is 8.52. The molecule has 27 heavy (non-hydrogen) atoms. The predicted octanol–water partition coefficient (Wildman–Crippen LogP) is 2.27. The zero-order valence-electron chi connectivity index (χ0n) is 15.9. The Balaban J connectivity index is 1.39. The fourth-order valence-electron chi connectivity index (χ4n) is 4.34. The van der Waals surface area contributed by atoms with E-state index < -0.39 is 0 Å². The molecule has 6 nitrogen and oxygen atoms in total. The first-order valence-corrected chi connectivity index (χ1v) is 10.1. The molecule has 2 aromatic rings. The minimum absolute atomic E-state index is 0.0306. The van der Waals surface area contributed by atoms with Crippen LogP contribution in [-0.4, -0.2) is 33.8 Å². The molecule has 4 rings (SSSR count). The van der Waals surface area contributed by atoms with Gasteiger partial charge in [-0.15, -0.1) is 0 Å². The number of nitrogens with one attached hydrogen (secondary N) is 2. The number of aryl methyl sites for hydroxylation is 1. The molecule has 0 unspecified atom stereocenters. The van der Waals surface area contributed by atoms with E-state index in [4.69, 9.17) is 0 Å². The second-order valence-electron chi connectivity index (χ2n) is 7.95. The summed E-state index contributed by atoms with van der Waals surface area (Å²) in [6.07, 6.45) is 8.54. The molecule has 1 amide bonds. The quantitative estimate of drug-likeness (QED) is 0.849. The topological polar surface area (TPSA) is 76.0 Å². The van der Waals surface area contributed by atoms with Crippen LogP contribution in [0.25, 0.3) is 10.8 Å². The second kappa shape index (κ2) is 7.80. The zero-order chi connectivity index (χ0) is 18.8. The third kappa shape index (κ3) is 3.90. The van der Waals surface area contributed by atoms with Gasteiger partial charge in [0.05, 0.1) is 11.1 Å². The lowest BCUT2D eigenvalue weighted by molar-refractivity contribution is -0.123. The highest BCUT2D eigenvalue weighted by atomic mass is 16.2. The summed E-state index contributed by atoms with van der Waals surface area (Å²) in [5.74, 6) is -0.139. The van der Waals surface area contributed by atoms with Gasteiger partial charge >= 0.3 is 0 Å². The number of rotatable bonds is 5. The molecular weight excluding hydrogens is 340 g/mol. The number of carbonyl (C=O) groups is 1. The number of carbonyl (C=O) groups excluding carboxylic acids is 1. The van der Waals surface area contributed by atoms with Crippen LogP contribution in [0.4, 0.5) is 0 Å². The minimum Gasteiger partial charge on any atom is -0.350 e. The Labute approximate surface area is 159 Å². The van der Waals surface area contributed by atoms with Gasteiger partial charge in [-0.25, -0.2) is 4.68 Å². The summed E-state index contributed by atoms with van der Waals surface area (Å²) in [7, 11) is 0. The van der Waals surface area contributed by atoms with Gasteiger partial charge in [0, 0.05) is 23.5 Å². The first kappa shape index (κ1) is 18.2. The number of hydrogen-bond donors (Lipinski definition) is 2. The summed E-state index contributed by atoms with van der Waals surface area (Å²) in [5, 5.41) is 12.6. The van der Waals surface area contributed by atoms with E-state index >= 15 is 0 Å². The van der Waals surface area contributed by atoms with Crippen molar-refractivity contribution in [3.05, 3.63) is 40.3 Å². The molecule has 1 aromatic heterocycles. The molecule has 2 fully saturated rings. The van der Waals surface area contributed by atoms with Gasteiger partial charge in [0.2, 0.25) is 5.91 Å². The molecule has 144 valence electrons. The Morgan fingerprint density at radius 1 is 1.07 bits per heavy atom. The van der Waals surface area contributed by atoms with Crippen LogP contribution in [0.15, 0.2) is 29.1 Å². The van der Waals surface area contributed by atoms with E-state index in [0.29, 0.717) is 17.5 Å². The van der Waals surface area contributed by atoms with Crippen molar-refractivity contribution in [3.63, 3.8) is 0 Å². The van der Waals surface area contributed by atoms with Crippen molar-refractivity contribution in [1.29, 1.82) is 0 Å². The summed E-state index contributed by atoms with van der Waals surface area (Å²) in [6.45, 7) is 1.84. The molecule has 0 saturated heterocycles. The van der Waals surface area contributed by atoms with Gasteiger partial charge in [0.15, 0.2) is 0 Å². The average Bonchev–Trinajstić information content (AvgIpc) is 2.68. The van der Waals surface area contributed by atoms with Crippen molar-refractivity contribution in [1.82, 2.24) is 20.4 Å². The fraction of sp³-hybridized carbons (Fsp3) is 0.571. The molecule has 6 heteroatoms. The maximum absolute atomic E-state index is 12.6. The van der Waals surface area contributed by atoms with E-state index in [1.165, 1.54) is 36.8 Å². The van der Waals surface area contributed by atoms with Crippen molar-refractivity contribution in [2.24, 2.45) is 0 Å². The Morgan fingerprint density at radius 3 is 2.48 bits per heavy atom. The molecule has 0 bridgehead atoms. The Kier molecular flexibility index (Phi) is 5.25. The van der Waals surface area contributed by atoms with Gasteiger partial charge in [0.1, 0.15) is 6.54 Å². The molecule has 2 aliphatic rings. The Hall–Kier alpha value is -2.21. The number of benzene rings is 1. The van der Waals surface area contributed by atoms with Gasteiger partial charge < -0.3 is 10.6 Å². The van der Waals surface area contributed by atoms with Crippen LogP contribution in [-0.2, 0) is 11.3 Å². The van der Waals surface area contributed by atoms with Crippen molar-refractivity contribution >= 4 is 16.7 Å². The Morgan fingerprint density at radius 2 is 1.78 bits per heavy atom. The van der Waals surface area contributed by atoms with Crippen molar-refractivity contribution in [3.8, 4) is 0 Å². The van der Waals surface area contributed by atoms with E-state index in [1.54, 1.807) is 6.07 Å². The molecule has 2 aliphatic carbocycles. The summed E-state index contributed by atoms with van der Waals surface area (Å²) in [4.78, 5) is 25.1. The molecule has 0 radical (unpaired) electrons. The maximum atomic E-state index is 12.6. The van der Waals surface area contributed by atoms with E-state index in [0.717, 1.165) is 23.9 Å². The molecule has 1 heterocycles. The second-order valence-corrected chi connectivity index (χ2v) is 7.95. The van der Waals surface area contributed by atoms with Crippen LogP contribution in [0.1, 0.15) is 50.6 Å². The van der Waals surface area contributed by atoms with Crippen molar-refractivity contribution < 1.29 is 4.79 Å². The van der Waals surface area contributed by atoms with Gasteiger partial charge in [-0.3, -0.25) is 9.59 Å². The number of hydrogen-bond acceptors (Lipinski definition) is 4. The number of aromatic nitrogens is 2. The monoisotopic (exact) mass is 368 g/mol. The third-order valence-corrected chi connectivity index (χ3v) is 6.02. The first-order chi connectivity index (χ1) is 13.1. The maximum Gasteiger partial charge on any atom is 0.275 e. The molecule has 2 atom stereocenters. The standard InChI is InChI=1S/C21H28N4O2/c1-14-16-9-5-6-10-17(16)21(27)25(24-14)13-20(26)23-19-12-11-18(19)22-15-7-3-2-4-8-15/h5-6,9-10,15,18-19,22H,2-4,7-8,11-13H2,1H3,(H,23,26)/t18-,19+/m0/s1. The molecule has 0 aliphatic heterocycles. The fourth-order valence-corrected chi connectivity index (χ4v) is 4.34. The number of nitrogens with zero attached hydrogens (tertiary/aromatic N) is 2. The van der Waals surface area contributed by atoms with Crippen LogP contribution in [0.3, 0.4) is 0 Å². The smallest absolute Gasteiger partial charge is 0.275 e. The van der Waals surface area contributed by atoms with Crippen molar-refractivity contribution in [2.45, 2.75) is 76.5 Å². The van der Waals surface area contributed by atoms with E-state index in [9.17, 15) is 9.59 Å². The molecule has 2 N–H and O–H groups in total. The summed E-state index contributed by atoms with van der Waals surface area (Å²) < 4.78 is 1.29. The predicted molar refractivity (Wildman–Crippen MR) is 106 cm³/mol. The number of fused-ring (bicyclic) bond motifs is 1. The van der Waals surface area contributed by atoms with Gasteiger partial charge in [-0.05, 0) is 38.7 Å². The van der Waals surface area contributed by atoms with E-state index in [2.05, 4.69) is 15.7 Å². The van der Waals surface area contributed by atoms with Crippen LogP contribution in [0, 0.1) is 6.92 Å². The lowest BCUT2D eigenvalue weighted by atomic mass is 9.84. The van der Waals surface area contributed by atoms with Crippen molar-refractivity contribution in [2.75, 3.05) is 0 Å². The van der Waals surface area contributed by atoms with E-state index in [1.807, 2.05) is 25.1 Å². The van der Waals surface area contributed by atoms with Gasteiger partial charge in [-0.1, -0.05) is 37.5 Å².